The molecule has 1 aromatic carbocycles. The Hall–Kier alpha value is -1.26. The molecule has 0 amide bonds. The summed E-state index contributed by atoms with van der Waals surface area (Å²) in [5.41, 5.74) is 1.05. The molecule has 0 spiro atoms. The third-order valence-electron chi connectivity index (χ3n) is 3.98. The van der Waals surface area contributed by atoms with Crippen LogP contribution in [0.15, 0.2) is 18.2 Å². The lowest BCUT2D eigenvalue weighted by Gasteiger charge is -2.37. The maximum absolute atomic E-state index is 6.11. The smallest absolute Gasteiger partial charge is 0.128 e. The molecule has 2 aliphatic rings. The summed E-state index contributed by atoms with van der Waals surface area (Å²) < 4.78 is 17.4. The summed E-state index contributed by atoms with van der Waals surface area (Å²) >= 11 is 0. The number of ether oxygens (including phenoxy) is 3. The molecular weight excluding hydrogens is 254 g/mol. The van der Waals surface area contributed by atoms with Gasteiger partial charge in [-0.3, -0.25) is 0 Å². The minimum atomic E-state index is -0.157. The molecule has 0 radical (unpaired) electrons. The average Bonchev–Trinajstić information content (AvgIpc) is 2.89. The van der Waals surface area contributed by atoms with Gasteiger partial charge in [0, 0.05) is 30.5 Å². The van der Waals surface area contributed by atoms with E-state index in [9.17, 15) is 0 Å². The summed E-state index contributed by atoms with van der Waals surface area (Å²) in [4.78, 5) is 0. The second kappa shape index (κ2) is 5.26. The molecule has 1 N–H and O–H groups in total. The van der Waals surface area contributed by atoms with Gasteiger partial charge in [-0.1, -0.05) is 6.07 Å². The van der Waals surface area contributed by atoms with E-state index in [0.29, 0.717) is 12.6 Å². The quantitative estimate of drug-likeness (QED) is 0.922. The molecule has 3 rings (SSSR count). The molecule has 4 heteroatoms. The summed E-state index contributed by atoms with van der Waals surface area (Å²) in [6.07, 6.45) is 2.10. The predicted molar refractivity (Wildman–Crippen MR) is 77.4 cm³/mol. The molecule has 1 saturated heterocycles. The standard InChI is InChI=1S/C16H23NO3/c1-16(2)9-14(17-3)13-5-4-11(8-15(13)20-16)19-12-6-7-18-10-12/h4-5,8,12,14,17H,6-7,9-10H2,1-3H3. The van der Waals surface area contributed by atoms with Crippen molar-refractivity contribution in [2.75, 3.05) is 20.3 Å². The van der Waals surface area contributed by atoms with Crippen LogP contribution in [-0.2, 0) is 4.74 Å². The molecular formula is C16H23NO3. The van der Waals surface area contributed by atoms with Crippen LogP contribution in [0.3, 0.4) is 0 Å². The Balaban J connectivity index is 1.83. The highest BCUT2D eigenvalue weighted by Crippen LogP contribution is 2.41. The number of hydrogen-bond acceptors (Lipinski definition) is 4. The van der Waals surface area contributed by atoms with Crippen molar-refractivity contribution in [1.29, 1.82) is 0 Å². The van der Waals surface area contributed by atoms with E-state index in [0.717, 1.165) is 30.9 Å². The molecule has 1 fully saturated rings. The minimum Gasteiger partial charge on any atom is -0.488 e. The average molecular weight is 277 g/mol. The summed E-state index contributed by atoms with van der Waals surface area (Å²) in [5.74, 6) is 1.80. The van der Waals surface area contributed by atoms with Crippen LogP contribution in [0.4, 0.5) is 0 Å². The number of benzene rings is 1. The molecule has 0 aliphatic carbocycles. The van der Waals surface area contributed by atoms with Crippen molar-refractivity contribution in [3.8, 4) is 11.5 Å². The van der Waals surface area contributed by atoms with Crippen LogP contribution in [-0.4, -0.2) is 32.0 Å². The monoisotopic (exact) mass is 277 g/mol. The van der Waals surface area contributed by atoms with E-state index < -0.39 is 0 Å². The summed E-state index contributed by atoms with van der Waals surface area (Å²) in [5, 5.41) is 3.37. The Morgan fingerprint density at radius 1 is 1.35 bits per heavy atom. The van der Waals surface area contributed by atoms with Gasteiger partial charge in [-0.05, 0) is 27.0 Å². The van der Waals surface area contributed by atoms with Gasteiger partial charge in [0.2, 0.25) is 0 Å². The first kappa shape index (κ1) is 13.7. The van der Waals surface area contributed by atoms with Gasteiger partial charge < -0.3 is 19.5 Å². The Bertz CT molecular complexity index is 481. The van der Waals surface area contributed by atoms with E-state index in [2.05, 4.69) is 25.2 Å². The largest absolute Gasteiger partial charge is 0.488 e. The molecule has 2 aliphatic heterocycles. The Labute approximate surface area is 120 Å². The number of rotatable bonds is 3. The van der Waals surface area contributed by atoms with Crippen LogP contribution in [0.1, 0.15) is 38.3 Å². The molecule has 1 aromatic rings. The van der Waals surface area contributed by atoms with Crippen molar-refractivity contribution in [3.63, 3.8) is 0 Å². The molecule has 2 heterocycles. The molecule has 4 nitrogen and oxygen atoms in total. The lowest BCUT2D eigenvalue weighted by molar-refractivity contribution is 0.0667. The molecule has 0 saturated carbocycles. The minimum absolute atomic E-state index is 0.157. The van der Waals surface area contributed by atoms with Crippen molar-refractivity contribution in [2.24, 2.45) is 0 Å². The van der Waals surface area contributed by atoms with E-state index >= 15 is 0 Å². The van der Waals surface area contributed by atoms with Crippen LogP contribution < -0.4 is 14.8 Å². The zero-order valence-corrected chi connectivity index (χ0v) is 12.4. The Morgan fingerprint density at radius 2 is 2.20 bits per heavy atom. The van der Waals surface area contributed by atoms with Crippen molar-refractivity contribution in [3.05, 3.63) is 23.8 Å². The van der Waals surface area contributed by atoms with Crippen LogP contribution in [0.2, 0.25) is 0 Å². The SMILES string of the molecule is CNC1CC(C)(C)Oc2cc(OC3CCOC3)ccc21. The van der Waals surface area contributed by atoms with Gasteiger partial charge in [0.05, 0.1) is 13.2 Å². The molecule has 0 bridgehead atoms. The van der Waals surface area contributed by atoms with Gasteiger partial charge in [-0.15, -0.1) is 0 Å². The fraction of sp³-hybridized carbons (Fsp3) is 0.625. The van der Waals surface area contributed by atoms with Crippen molar-refractivity contribution in [1.82, 2.24) is 5.32 Å². The van der Waals surface area contributed by atoms with Crippen molar-refractivity contribution in [2.45, 2.75) is 44.4 Å². The van der Waals surface area contributed by atoms with E-state index in [1.165, 1.54) is 5.56 Å². The number of nitrogens with one attached hydrogen (secondary N) is 1. The third-order valence-corrected chi connectivity index (χ3v) is 3.98. The topological polar surface area (TPSA) is 39.7 Å². The highest BCUT2D eigenvalue weighted by molar-refractivity contribution is 5.44. The maximum atomic E-state index is 6.11. The zero-order chi connectivity index (χ0) is 14.2. The highest BCUT2D eigenvalue weighted by Gasteiger charge is 2.33. The molecule has 110 valence electrons. The van der Waals surface area contributed by atoms with E-state index in [4.69, 9.17) is 14.2 Å². The van der Waals surface area contributed by atoms with Crippen molar-refractivity contribution < 1.29 is 14.2 Å². The lowest BCUT2D eigenvalue weighted by Crippen LogP contribution is -2.38. The van der Waals surface area contributed by atoms with E-state index in [1.54, 1.807) is 0 Å². The van der Waals surface area contributed by atoms with Crippen molar-refractivity contribution >= 4 is 0 Å². The van der Waals surface area contributed by atoms with Gasteiger partial charge >= 0.3 is 0 Å². The first-order chi connectivity index (χ1) is 9.57. The van der Waals surface area contributed by atoms with Crippen LogP contribution in [0.5, 0.6) is 11.5 Å². The first-order valence-electron chi connectivity index (χ1n) is 7.32. The first-order valence-corrected chi connectivity index (χ1v) is 7.32. The Kier molecular flexibility index (Phi) is 3.61. The normalized spacial score (nSPS) is 27.8. The summed E-state index contributed by atoms with van der Waals surface area (Å²) in [7, 11) is 2.00. The van der Waals surface area contributed by atoms with E-state index in [-0.39, 0.29) is 11.7 Å². The van der Waals surface area contributed by atoms with Crippen LogP contribution in [0, 0.1) is 0 Å². The summed E-state index contributed by atoms with van der Waals surface area (Å²) in [6.45, 7) is 5.72. The molecule has 2 atom stereocenters. The van der Waals surface area contributed by atoms with Gasteiger partial charge in [0.1, 0.15) is 23.2 Å². The van der Waals surface area contributed by atoms with E-state index in [1.807, 2.05) is 19.2 Å². The fourth-order valence-corrected chi connectivity index (χ4v) is 2.96. The predicted octanol–water partition coefficient (Wildman–Crippen LogP) is 2.68. The highest BCUT2D eigenvalue weighted by atomic mass is 16.5. The molecule has 2 unspecified atom stereocenters. The molecule has 0 aromatic heterocycles. The van der Waals surface area contributed by atoms with Gasteiger partial charge in [0.25, 0.3) is 0 Å². The zero-order valence-electron chi connectivity index (χ0n) is 12.4. The maximum Gasteiger partial charge on any atom is 0.128 e. The van der Waals surface area contributed by atoms with Gasteiger partial charge in [-0.25, -0.2) is 0 Å². The van der Waals surface area contributed by atoms with Crippen LogP contribution >= 0.6 is 0 Å². The molecule has 20 heavy (non-hydrogen) atoms. The number of fused-ring (bicyclic) bond motifs is 1. The Morgan fingerprint density at radius 3 is 2.90 bits per heavy atom. The summed E-state index contributed by atoms with van der Waals surface area (Å²) in [6, 6.07) is 6.48. The van der Waals surface area contributed by atoms with Gasteiger partial charge in [-0.2, -0.15) is 0 Å². The second-order valence-corrected chi connectivity index (χ2v) is 6.21. The lowest BCUT2D eigenvalue weighted by atomic mass is 9.90. The number of hydrogen-bond donors (Lipinski definition) is 1. The third kappa shape index (κ3) is 2.76. The van der Waals surface area contributed by atoms with Gasteiger partial charge in [0.15, 0.2) is 0 Å². The second-order valence-electron chi connectivity index (χ2n) is 6.21. The van der Waals surface area contributed by atoms with Crippen LogP contribution in [0.25, 0.3) is 0 Å². The fourth-order valence-electron chi connectivity index (χ4n) is 2.96.